The molecule has 0 aromatic carbocycles. The van der Waals surface area contributed by atoms with Gasteiger partial charge in [-0.2, -0.15) is 0 Å². The first-order valence-electron chi connectivity index (χ1n) is 6.27. The summed E-state index contributed by atoms with van der Waals surface area (Å²) in [5.41, 5.74) is 2.07. The van der Waals surface area contributed by atoms with E-state index < -0.39 is 0 Å². The van der Waals surface area contributed by atoms with Crippen LogP contribution >= 0.6 is 0 Å². The van der Waals surface area contributed by atoms with Gasteiger partial charge in [0.1, 0.15) is 0 Å². The maximum atomic E-state index is 11.9. The van der Waals surface area contributed by atoms with E-state index in [1.807, 2.05) is 0 Å². The van der Waals surface area contributed by atoms with E-state index in [4.69, 9.17) is 4.52 Å². The third-order valence-electron chi connectivity index (χ3n) is 3.54. The van der Waals surface area contributed by atoms with Crippen molar-refractivity contribution in [3.05, 3.63) is 11.3 Å². The van der Waals surface area contributed by atoms with Crippen molar-refractivity contribution < 1.29 is 9.32 Å². The van der Waals surface area contributed by atoms with Crippen LogP contribution < -0.4 is 10.2 Å². The monoisotopic (exact) mass is 235 g/mol. The predicted octanol–water partition coefficient (Wildman–Crippen LogP) is 1.23. The molecule has 1 fully saturated rings. The molecular formula is C12H17N3O2. The number of fused-ring (bicyclic) bond motifs is 1. The summed E-state index contributed by atoms with van der Waals surface area (Å²) in [6, 6.07) is 0.428. The molecule has 1 atom stereocenters. The van der Waals surface area contributed by atoms with Gasteiger partial charge in [0.25, 0.3) is 0 Å². The average Bonchev–Trinajstić information content (AvgIpc) is 2.72. The Morgan fingerprint density at radius 3 is 3.18 bits per heavy atom. The molecule has 1 saturated heterocycles. The van der Waals surface area contributed by atoms with Crippen molar-refractivity contribution in [1.82, 2.24) is 10.5 Å². The Kier molecular flexibility index (Phi) is 2.63. The molecule has 3 rings (SSSR count). The topological polar surface area (TPSA) is 58.4 Å². The number of amides is 1. The first kappa shape index (κ1) is 10.8. The predicted molar refractivity (Wildman–Crippen MR) is 62.7 cm³/mol. The molecule has 0 unspecified atom stereocenters. The molecule has 1 aromatic heterocycles. The Balaban J connectivity index is 1.91. The summed E-state index contributed by atoms with van der Waals surface area (Å²) in [5, 5.41) is 7.49. The van der Waals surface area contributed by atoms with Crippen LogP contribution in [0.2, 0.25) is 0 Å². The van der Waals surface area contributed by atoms with E-state index in [0.717, 1.165) is 43.6 Å². The van der Waals surface area contributed by atoms with Crippen LogP contribution in [0.25, 0.3) is 0 Å². The molecule has 1 N–H and O–H groups in total. The number of nitrogens with one attached hydrogen (secondary N) is 1. The van der Waals surface area contributed by atoms with Gasteiger partial charge in [0.15, 0.2) is 0 Å². The highest BCUT2D eigenvalue weighted by molar-refractivity contribution is 5.93. The maximum Gasteiger partial charge on any atom is 0.238 e. The van der Waals surface area contributed by atoms with E-state index >= 15 is 0 Å². The summed E-state index contributed by atoms with van der Waals surface area (Å²) >= 11 is 0. The molecule has 0 radical (unpaired) electrons. The molecule has 17 heavy (non-hydrogen) atoms. The van der Waals surface area contributed by atoms with E-state index in [9.17, 15) is 4.79 Å². The summed E-state index contributed by atoms with van der Waals surface area (Å²) < 4.78 is 5.39. The quantitative estimate of drug-likeness (QED) is 0.795. The Bertz CT molecular complexity index is 441. The number of anilines is 1. The highest BCUT2D eigenvalue weighted by Gasteiger charge is 2.30. The van der Waals surface area contributed by atoms with Gasteiger partial charge in [0.05, 0.1) is 11.3 Å². The fourth-order valence-corrected chi connectivity index (χ4v) is 2.54. The molecule has 5 heteroatoms. The van der Waals surface area contributed by atoms with Crippen LogP contribution in [0.15, 0.2) is 4.52 Å². The van der Waals surface area contributed by atoms with E-state index in [0.29, 0.717) is 18.3 Å². The maximum absolute atomic E-state index is 11.9. The number of hydrogen-bond acceptors (Lipinski definition) is 4. The van der Waals surface area contributed by atoms with Crippen molar-refractivity contribution in [2.24, 2.45) is 0 Å². The lowest BCUT2D eigenvalue weighted by Gasteiger charge is -2.26. The molecular weight excluding hydrogens is 218 g/mol. The molecule has 2 aliphatic heterocycles. The number of piperidine rings is 1. The minimum atomic E-state index is 0.161. The van der Waals surface area contributed by atoms with Crippen molar-refractivity contribution >= 4 is 11.8 Å². The second-order valence-corrected chi connectivity index (χ2v) is 4.90. The van der Waals surface area contributed by atoms with Crippen LogP contribution in [0, 0.1) is 0 Å². The molecule has 5 nitrogen and oxygen atoms in total. The SMILES string of the molecule is C[C@H]1Cc2noc(N3CCCCC3=O)c2CN1. The number of nitrogens with zero attached hydrogens (tertiary/aromatic N) is 2. The molecule has 2 aliphatic rings. The van der Waals surface area contributed by atoms with E-state index in [2.05, 4.69) is 17.4 Å². The summed E-state index contributed by atoms with van der Waals surface area (Å²) in [6.45, 7) is 3.64. The number of rotatable bonds is 1. The Morgan fingerprint density at radius 2 is 2.35 bits per heavy atom. The highest BCUT2D eigenvalue weighted by atomic mass is 16.5. The molecule has 3 heterocycles. The van der Waals surface area contributed by atoms with Crippen LogP contribution in [0.4, 0.5) is 5.88 Å². The molecule has 1 amide bonds. The molecule has 0 spiro atoms. The number of aromatic nitrogens is 1. The second-order valence-electron chi connectivity index (χ2n) is 4.90. The van der Waals surface area contributed by atoms with Gasteiger partial charge in [-0.05, 0) is 19.8 Å². The minimum Gasteiger partial charge on any atom is -0.338 e. The van der Waals surface area contributed by atoms with Crippen molar-refractivity contribution in [3.63, 3.8) is 0 Å². The number of carbonyl (C=O) groups excluding carboxylic acids is 1. The summed E-state index contributed by atoms with van der Waals surface area (Å²) in [7, 11) is 0. The van der Waals surface area contributed by atoms with Crippen LogP contribution in [-0.4, -0.2) is 23.7 Å². The van der Waals surface area contributed by atoms with Crippen molar-refractivity contribution in [2.75, 3.05) is 11.4 Å². The highest BCUT2D eigenvalue weighted by Crippen LogP contribution is 2.29. The van der Waals surface area contributed by atoms with Gasteiger partial charge in [0.2, 0.25) is 11.8 Å². The van der Waals surface area contributed by atoms with E-state index in [1.54, 1.807) is 4.90 Å². The third-order valence-corrected chi connectivity index (χ3v) is 3.54. The van der Waals surface area contributed by atoms with Crippen molar-refractivity contribution in [1.29, 1.82) is 0 Å². The standard InChI is InChI=1S/C12H17N3O2/c1-8-6-10-9(7-13-8)12(17-14-10)15-5-3-2-4-11(15)16/h8,13H,2-7H2,1H3/t8-/m0/s1. The van der Waals surface area contributed by atoms with E-state index in [-0.39, 0.29) is 5.91 Å². The molecule has 92 valence electrons. The lowest BCUT2D eigenvalue weighted by Crippen LogP contribution is -2.37. The Labute approximate surface area is 100 Å². The van der Waals surface area contributed by atoms with Crippen LogP contribution in [0.5, 0.6) is 0 Å². The molecule has 0 saturated carbocycles. The summed E-state index contributed by atoms with van der Waals surface area (Å²) in [6.07, 6.45) is 3.53. The fraction of sp³-hybridized carbons (Fsp3) is 0.667. The van der Waals surface area contributed by atoms with Crippen LogP contribution in [0.3, 0.4) is 0 Å². The lowest BCUT2D eigenvalue weighted by atomic mass is 10.0. The smallest absolute Gasteiger partial charge is 0.238 e. The first-order valence-corrected chi connectivity index (χ1v) is 6.27. The van der Waals surface area contributed by atoms with Gasteiger partial charge >= 0.3 is 0 Å². The normalized spacial score (nSPS) is 24.9. The minimum absolute atomic E-state index is 0.161. The number of carbonyl (C=O) groups is 1. The van der Waals surface area contributed by atoms with Gasteiger partial charge in [-0.15, -0.1) is 0 Å². The Morgan fingerprint density at radius 1 is 1.47 bits per heavy atom. The third kappa shape index (κ3) is 1.84. The fourth-order valence-electron chi connectivity index (χ4n) is 2.54. The molecule has 0 aliphatic carbocycles. The zero-order valence-electron chi connectivity index (χ0n) is 10.0. The molecule has 1 aromatic rings. The van der Waals surface area contributed by atoms with Crippen molar-refractivity contribution in [3.8, 4) is 0 Å². The van der Waals surface area contributed by atoms with Gasteiger partial charge in [0, 0.05) is 32.0 Å². The van der Waals surface area contributed by atoms with Gasteiger partial charge < -0.3 is 9.84 Å². The molecule has 0 bridgehead atoms. The lowest BCUT2D eigenvalue weighted by molar-refractivity contribution is -0.119. The van der Waals surface area contributed by atoms with Crippen molar-refractivity contribution in [2.45, 2.75) is 45.2 Å². The largest absolute Gasteiger partial charge is 0.338 e. The van der Waals surface area contributed by atoms with Crippen LogP contribution in [-0.2, 0) is 17.8 Å². The Hall–Kier alpha value is -1.36. The van der Waals surface area contributed by atoms with Crippen LogP contribution in [0.1, 0.15) is 37.4 Å². The zero-order chi connectivity index (χ0) is 11.8. The zero-order valence-corrected chi connectivity index (χ0v) is 10.0. The van der Waals surface area contributed by atoms with Gasteiger partial charge in [-0.1, -0.05) is 5.16 Å². The van der Waals surface area contributed by atoms with E-state index in [1.165, 1.54) is 0 Å². The first-order chi connectivity index (χ1) is 8.25. The summed E-state index contributed by atoms with van der Waals surface area (Å²) in [5.74, 6) is 0.831. The summed E-state index contributed by atoms with van der Waals surface area (Å²) in [4.78, 5) is 13.6. The van der Waals surface area contributed by atoms with Gasteiger partial charge in [-0.3, -0.25) is 9.69 Å². The second kappa shape index (κ2) is 4.14. The average molecular weight is 235 g/mol. The van der Waals surface area contributed by atoms with Gasteiger partial charge in [-0.25, -0.2) is 0 Å². The number of hydrogen-bond donors (Lipinski definition) is 1.